The molecule has 0 aliphatic rings. The second-order valence-corrected chi connectivity index (χ2v) is 7.72. The first-order valence-electron chi connectivity index (χ1n) is 5.51. The van der Waals surface area contributed by atoms with Crippen LogP contribution in [0, 0.1) is 6.92 Å². The number of aryl methyl sites for hydroxylation is 1. The van der Waals surface area contributed by atoms with Crippen molar-refractivity contribution in [2.75, 3.05) is 4.72 Å². The lowest BCUT2D eigenvalue weighted by molar-refractivity contribution is 0.0697. The number of carboxylic acids is 1. The van der Waals surface area contributed by atoms with E-state index in [0.717, 1.165) is 17.4 Å². The highest BCUT2D eigenvalue weighted by Gasteiger charge is 2.21. The van der Waals surface area contributed by atoms with Crippen LogP contribution < -0.4 is 4.72 Å². The molecule has 0 amide bonds. The molecule has 112 valence electrons. The van der Waals surface area contributed by atoms with E-state index in [9.17, 15) is 13.2 Å². The van der Waals surface area contributed by atoms with Crippen molar-refractivity contribution >= 4 is 56.2 Å². The second kappa shape index (κ2) is 5.84. The topological polar surface area (TPSA) is 83.5 Å². The minimum Gasteiger partial charge on any atom is -0.478 e. The summed E-state index contributed by atoms with van der Waals surface area (Å²) >= 11 is 12.8. The summed E-state index contributed by atoms with van der Waals surface area (Å²) < 4.78 is 26.6. The number of benzene rings is 1. The van der Waals surface area contributed by atoms with Crippen LogP contribution in [-0.4, -0.2) is 19.5 Å². The van der Waals surface area contributed by atoms with E-state index in [1.165, 1.54) is 11.4 Å². The van der Waals surface area contributed by atoms with Crippen molar-refractivity contribution in [1.82, 2.24) is 0 Å². The fourth-order valence-corrected chi connectivity index (χ4v) is 4.33. The summed E-state index contributed by atoms with van der Waals surface area (Å²) in [5.74, 6) is -1.20. The van der Waals surface area contributed by atoms with Gasteiger partial charge in [0.1, 0.15) is 4.21 Å². The van der Waals surface area contributed by atoms with Crippen LogP contribution in [0.1, 0.15) is 15.9 Å². The fraction of sp³-hybridized carbons (Fsp3) is 0.0833. The van der Waals surface area contributed by atoms with E-state index in [1.54, 1.807) is 13.0 Å². The van der Waals surface area contributed by atoms with Crippen molar-refractivity contribution in [2.24, 2.45) is 0 Å². The molecule has 1 aromatic heterocycles. The molecule has 1 aromatic carbocycles. The first-order chi connectivity index (χ1) is 9.72. The molecule has 0 radical (unpaired) electrons. The Balaban J connectivity index is 2.42. The van der Waals surface area contributed by atoms with Gasteiger partial charge in [0.05, 0.1) is 21.3 Å². The lowest BCUT2D eigenvalue weighted by atomic mass is 10.2. The van der Waals surface area contributed by atoms with E-state index >= 15 is 0 Å². The third-order valence-corrected chi connectivity index (χ3v) is 6.20. The number of rotatable bonds is 4. The summed E-state index contributed by atoms with van der Waals surface area (Å²) in [6.45, 7) is 1.71. The van der Waals surface area contributed by atoms with Gasteiger partial charge < -0.3 is 5.11 Å². The number of carboxylic acid groups (broad SMARTS) is 1. The zero-order chi connectivity index (χ0) is 15.8. The summed E-state index contributed by atoms with van der Waals surface area (Å²) in [5.41, 5.74) is 0.640. The average molecular weight is 366 g/mol. The van der Waals surface area contributed by atoms with Crippen molar-refractivity contribution in [1.29, 1.82) is 0 Å². The van der Waals surface area contributed by atoms with Gasteiger partial charge in [-0.05, 0) is 24.6 Å². The first kappa shape index (κ1) is 16.1. The van der Waals surface area contributed by atoms with Gasteiger partial charge in [-0.1, -0.05) is 29.3 Å². The summed E-state index contributed by atoms with van der Waals surface area (Å²) in [4.78, 5) is 10.8. The number of sulfonamides is 1. The van der Waals surface area contributed by atoms with Crippen LogP contribution in [0.5, 0.6) is 0 Å². The van der Waals surface area contributed by atoms with Crippen molar-refractivity contribution < 1.29 is 18.3 Å². The molecule has 0 fully saturated rings. The average Bonchev–Trinajstić information content (AvgIpc) is 2.90. The third kappa shape index (κ3) is 3.32. The van der Waals surface area contributed by atoms with Crippen molar-refractivity contribution in [3.8, 4) is 0 Å². The first-order valence-corrected chi connectivity index (χ1v) is 8.63. The number of hydrogen-bond donors (Lipinski definition) is 2. The van der Waals surface area contributed by atoms with Gasteiger partial charge in [0.2, 0.25) is 0 Å². The summed E-state index contributed by atoms with van der Waals surface area (Å²) in [6, 6.07) is 4.26. The number of thiophene rings is 1. The van der Waals surface area contributed by atoms with Gasteiger partial charge >= 0.3 is 5.97 Å². The van der Waals surface area contributed by atoms with Crippen molar-refractivity contribution in [2.45, 2.75) is 11.1 Å². The molecule has 0 saturated heterocycles. The lowest BCUT2D eigenvalue weighted by Gasteiger charge is -2.11. The Labute approximate surface area is 135 Å². The molecule has 0 aliphatic carbocycles. The zero-order valence-electron chi connectivity index (χ0n) is 10.6. The molecule has 21 heavy (non-hydrogen) atoms. The van der Waals surface area contributed by atoms with Gasteiger partial charge in [-0.2, -0.15) is 0 Å². The van der Waals surface area contributed by atoms with E-state index in [0.29, 0.717) is 5.56 Å². The van der Waals surface area contributed by atoms with Crippen LogP contribution in [0.15, 0.2) is 27.8 Å². The quantitative estimate of drug-likeness (QED) is 0.861. The Morgan fingerprint density at radius 1 is 1.33 bits per heavy atom. The van der Waals surface area contributed by atoms with Gasteiger partial charge in [-0.15, -0.1) is 11.3 Å². The monoisotopic (exact) mass is 365 g/mol. The summed E-state index contributed by atoms with van der Waals surface area (Å²) in [5, 5.41) is 10.4. The Morgan fingerprint density at radius 3 is 2.57 bits per heavy atom. The lowest BCUT2D eigenvalue weighted by Crippen LogP contribution is -2.12. The Hall–Kier alpha value is -1.28. The van der Waals surface area contributed by atoms with Crippen LogP contribution in [0.3, 0.4) is 0 Å². The van der Waals surface area contributed by atoms with Crippen molar-refractivity contribution in [3.63, 3.8) is 0 Å². The Kier molecular flexibility index (Phi) is 4.48. The molecular weight excluding hydrogens is 357 g/mol. The molecule has 0 aliphatic heterocycles. The number of nitrogens with one attached hydrogen (secondary N) is 1. The molecule has 1 heterocycles. The maximum Gasteiger partial charge on any atom is 0.336 e. The van der Waals surface area contributed by atoms with Crippen LogP contribution in [0.25, 0.3) is 0 Å². The standard InChI is InChI=1S/C12H9Cl2NO4S2/c1-6-2-3-8(13)11(10(6)14)15-21(18,19)9-4-7(5-20-9)12(16)17/h2-5,15H,1H3,(H,16,17). The zero-order valence-corrected chi connectivity index (χ0v) is 13.7. The van der Waals surface area contributed by atoms with Crippen LogP contribution >= 0.6 is 34.5 Å². The smallest absolute Gasteiger partial charge is 0.336 e. The molecule has 0 unspecified atom stereocenters. The number of aromatic carboxylic acids is 1. The largest absolute Gasteiger partial charge is 0.478 e. The minimum atomic E-state index is -3.95. The van der Waals surface area contributed by atoms with Gasteiger partial charge in [0, 0.05) is 5.38 Å². The van der Waals surface area contributed by atoms with E-state index in [2.05, 4.69) is 4.72 Å². The summed E-state index contributed by atoms with van der Waals surface area (Å²) in [7, 11) is -3.95. The normalized spacial score (nSPS) is 11.4. The molecule has 2 N–H and O–H groups in total. The van der Waals surface area contributed by atoms with Gasteiger partial charge in [-0.25, -0.2) is 13.2 Å². The number of carbonyl (C=O) groups is 1. The molecule has 9 heteroatoms. The van der Waals surface area contributed by atoms with Crippen molar-refractivity contribution in [3.05, 3.63) is 44.8 Å². The Morgan fingerprint density at radius 2 is 2.00 bits per heavy atom. The predicted octanol–water partition coefficient (Wildman–Crippen LogP) is 3.86. The van der Waals surface area contributed by atoms with Gasteiger partial charge in [0.15, 0.2) is 0 Å². The predicted molar refractivity (Wildman–Crippen MR) is 83.3 cm³/mol. The highest BCUT2D eigenvalue weighted by Crippen LogP contribution is 2.35. The fourth-order valence-electron chi connectivity index (χ4n) is 1.50. The molecule has 0 saturated carbocycles. The van der Waals surface area contributed by atoms with Gasteiger partial charge in [0.25, 0.3) is 10.0 Å². The van der Waals surface area contributed by atoms with E-state index in [-0.39, 0.29) is 25.5 Å². The third-order valence-electron chi connectivity index (χ3n) is 2.61. The second-order valence-electron chi connectivity index (χ2n) is 4.12. The van der Waals surface area contributed by atoms with Crippen LogP contribution in [0.2, 0.25) is 10.0 Å². The minimum absolute atomic E-state index is 0.0728. The number of hydrogen-bond acceptors (Lipinski definition) is 4. The van der Waals surface area contributed by atoms with Crippen LogP contribution in [-0.2, 0) is 10.0 Å². The summed E-state index contributed by atoms with van der Waals surface area (Å²) in [6.07, 6.45) is 0. The van der Waals surface area contributed by atoms with E-state index < -0.39 is 16.0 Å². The maximum absolute atomic E-state index is 12.2. The molecule has 0 spiro atoms. The molecule has 0 atom stereocenters. The molecule has 2 aromatic rings. The number of anilines is 1. The SMILES string of the molecule is Cc1ccc(Cl)c(NS(=O)(=O)c2cc(C(=O)O)cs2)c1Cl. The molecule has 2 rings (SSSR count). The molecule has 0 bridgehead atoms. The Bertz CT molecular complexity index is 815. The van der Waals surface area contributed by atoms with E-state index in [4.69, 9.17) is 28.3 Å². The van der Waals surface area contributed by atoms with Crippen LogP contribution in [0.4, 0.5) is 5.69 Å². The highest BCUT2D eigenvalue weighted by molar-refractivity contribution is 7.94. The van der Waals surface area contributed by atoms with E-state index in [1.807, 2.05) is 0 Å². The molecule has 5 nitrogen and oxygen atoms in total. The maximum atomic E-state index is 12.2. The molecular formula is C12H9Cl2NO4S2. The number of halogens is 2. The highest BCUT2D eigenvalue weighted by atomic mass is 35.5. The van der Waals surface area contributed by atoms with Gasteiger partial charge in [-0.3, -0.25) is 4.72 Å².